The third-order valence-electron chi connectivity index (χ3n) is 2.63. The van der Waals surface area contributed by atoms with Gasteiger partial charge in [0.05, 0.1) is 0 Å². The van der Waals surface area contributed by atoms with Gasteiger partial charge in [-0.2, -0.15) is 0 Å². The van der Waals surface area contributed by atoms with Crippen LogP contribution in [0, 0.1) is 11.6 Å². The van der Waals surface area contributed by atoms with E-state index in [0.717, 1.165) is 18.6 Å². The van der Waals surface area contributed by atoms with Crippen LogP contribution in [0.4, 0.5) is 8.78 Å². The summed E-state index contributed by atoms with van der Waals surface area (Å²) >= 11 is 0. The molecule has 0 amide bonds. The van der Waals surface area contributed by atoms with Gasteiger partial charge in [-0.3, -0.25) is 0 Å². The lowest BCUT2D eigenvalue weighted by molar-refractivity contribution is 0.0776. The quantitative estimate of drug-likeness (QED) is 0.885. The van der Waals surface area contributed by atoms with E-state index in [9.17, 15) is 8.78 Å². The first-order valence-corrected chi connectivity index (χ1v) is 5.60. The molecule has 1 heterocycles. The molecule has 0 bridgehead atoms. The lowest BCUT2D eigenvalue weighted by atomic mass is 10.1. The van der Waals surface area contributed by atoms with Gasteiger partial charge in [0, 0.05) is 18.2 Å². The van der Waals surface area contributed by atoms with Gasteiger partial charge in [-0.15, -0.1) is 0 Å². The van der Waals surface area contributed by atoms with Gasteiger partial charge in [-0.1, -0.05) is 0 Å². The zero-order valence-electron chi connectivity index (χ0n) is 9.58. The second kappa shape index (κ2) is 4.87. The molecule has 17 heavy (non-hydrogen) atoms. The molecule has 0 radical (unpaired) electrons. The number of hydrogen-bond acceptors (Lipinski definition) is 3. The zero-order chi connectivity index (χ0) is 12.4. The molecule has 0 spiro atoms. The van der Waals surface area contributed by atoms with E-state index in [-0.39, 0.29) is 30.3 Å². The van der Waals surface area contributed by atoms with Crippen molar-refractivity contribution in [2.75, 3.05) is 6.61 Å². The Labute approximate surface area is 98.5 Å². The molecule has 0 saturated heterocycles. The smallest absolute Gasteiger partial charge is 0.197 e. The van der Waals surface area contributed by atoms with E-state index >= 15 is 0 Å². The molecule has 0 aromatic heterocycles. The second-order valence-electron chi connectivity index (χ2n) is 4.32. The van der Waals surface area contributed by atoms with Gasteiger partial charge in [0.15, 0.2) is 17.3 Å². The maximum atomic E-state index is 13.3. The van der Waals surface area contributed by atoms with Crippen molar-refractivity contribution in [2.45, 2.75) is 31.9 Å². The number of rotatable bonds is 3. The highest BCUT2D eigenvalue weighted by atomic mass is 19.1. The van der Waals surface area contributed by atoms with Crippen LogP contribution < -0.4 is 15.2 Å². The van der Waals surface area contributed by atoms with E-state index in [4.69, 9.17) is 15.2 Å². The zero-order valence-corrected chi connectivity index (χ0v) is 9.58. The van der Waals surface area contributed by atoms with Gasteiger partial charge in [0.1, 0.15) is 18.5 Å². The summed E-state index contributed by atoms with van der Waals surface area (Å²) in [4.78, 5) is 0. The summed E-state index contributed by atoms with van der Waals surface area (Å²) in [7, 11) is 0. The van der Waals surface area contributed by atoms with Gasteiger partial charge < -0.3 is 15.2 Å². The molecule has 94 valence electrons. The first kappa shape index (κ1) is 12.1. The normalized spacial score (nSPS) is 20.1. The van der Waals surface area contributed by atoms with Crippen LogP contribution in [0.25, 0.3) is 0 Å². The number of halogens is 2. The molecule has 1 aliphatic heterocycles. The van der Waals surface area contributed by atoms with E-state index in [0.29, 0.717) is 6.42 Å². The molecule has 5 heteroatoms. The summed E-state index contributed by atoms with van der Waals surface area (Å²) in [5.41, 5.74) is 5.64. The van der Waals surface area contributed by atoms with Crippen LogP contribution in [0.3, 0.4) is 0 Å². The van der Waals surface area contributed by atoms with E-state index in [2.05, 4.69) is 0 Å². The van der Waals surface area contributed by atoms with Gasteiger partial charge in [-0.25, -0.2) is 8.78 Å². The predicted molar refractivity (Wildman–Crippen MR) is 59.2 cm³/mol. The summed E-state index contributed by atoms with van der Waals surface area (Å²) in [5, 5.41) is 0. The van der Waals surface area contributed by atoms with Crippen LogP contribution in [0.2, 0.25) is 0 Å². The highest BCUT2D eigenvalue weighted by Crippen LogP contribution is 2.35. The average molecular weight is 243 g/mol. The SMILES string of the molecule is CC(N)CCC1COc2c(F)cc(F)cc2O1. The Hall–Kier alpha value is -1.36. The predicted octanol–water partition coefficient (Wildman–Crippen LogP) is 2.23. The van der Waals surface area contributed by atoms with Crippen molar-refractivity contribution in [3.63, 3.8) is 0 Å². The average Bonchev–Trinajstić information content (AvgIpc) is 2.25. The fraction of sp³-hybridized carbons (Fsp3) is 0.500. The summed E-state index contributed by atoms with van der Waals surface area (Å²) in [6.07, 6.45) is 1.28. The molecule has 2 atom stereocenters. The number of ether oxygens (including phenoxy) is 2. The molecule has 0 aliphatic carbocycles. The Morgan fingerprint density at radius 2 is 2.24 bits per heavy atom. The van der Waals surface area contributed by atoms with Crippen molar-refractivity contribution in [1.29, 1.82) is 0 Å². The van der Waals surface area contributed by atoms with Crippen LogP contribution in [-0.2, 0) is 0 Å². The Balaban J connectivity index is 2.08. The van der Waals surface area contributed by atoms with Crippen LogP contribution in [0.1, 0.15) is 19.8 Å². The Morgan fingerprint density at radius 3 is 2.94 bits per heavy atom. The van der Waals surface area contributed by atoms with Crippen molar-refractivity contribution in [1.82, 2.24) is 0 Å². The fourth-order valence-corrected chi connectivity index (χ4v) is 1.75. The number of benzene rings is 1. The molecule has 1 aromatic carbocycles. The fourth-order valence-electron chi connectivity index (χ4n) is 1.75. The van der Waals surface area contributed by atoms with Crippen molar-refractivity contribution >= 4 is 0 Å². The first-order chi connectivity index (χ1) is 8.06. The Morgan fingerprint density at radius 1 is 1.47 bits per heavy atom. The van der Waals surface area contributed by atoms with Crippen LogP contribution >= 0.6 is 0 Å². The van der Waals surface area contributed by atoms with Crippen molar-refractivity contribution < 1.29 is 18.3 Å². The van der Waals surface area contributed by atoms with E-state index in [1.807, 2.05) is 6.92 Å². The van der Waals surface area contributed by atoms with E-state index in [1.54, 1.807) is 0 Å². The largest absolute Gasteiger partial charge is 0.483 e. The molecule has 1 aliphatic rings. The maximum absolute atomic E-state index is 13.3. The third kappa shape index (κ3) is 2.85. The molecule has 2 unspecified atom stereocenters. The summed E-state index contributed by atoms with van der Waals surface area (Å²) in [6, 6.07) is 1.99. The topological polar surface area (TPSA) is 44.5 Å². The summed E-state index contributed by atoms with van der Waals surface area (Å²) in [5.74, 6) is -1.28. The van der Waals surface area contributed by atoms with Gasteiger partial charge in [0.25, 0.3) is 0 Å². The van der Waals surface area contributed by atoms with Gasteiger partial charge in [-0.05, 0) is 19.8 Å². The van der Waals surface area contributed by atoms with Gasteiger partial charge in [0.2, 0.25) is 0 Å². The minimum absolute atomic E-state index is 0.0107. The highest BCUT2D eigenvalue weighted by Gasteiger charge is 2.24. The van der Waals surface area contributed by atoms with Gasteiger partial charge >= 0.3 is 0 Å². The molecular formula is C12H15F2NO2. The van der Waals surface area contributed by atoms with Crippen molar-refractivity contribution in [3.05, 3.63) is 23.8 Å². The van der Waals surface area contributed by atoms with Crippen LogP contribution in [0.5, 0.6) is 11.5 Å². The summed E-state index contributed by atoms with van der Waals surface area (Å²) in [6.45, 7) is 2.17. The Bertz CT molecular complexity index is 410. The second-order valence-corrected chi connectivity index (χ2v) is 4.32. The van der Waals surface area contributed by atoms with Crippen molar-refractivity contribution in [3.8, 4) is 11.5 Å². The lowest BCUT2D eigenvalue weighted by Crippen LogP contribution is -2.31. The number of fused-ring (bicyclic) bond motifs is 1. The minimum atomic E-state index is -0.731. The Kier molecular flexibility index (Phi) is 3.47. The molecule has 2 N–H and O–H groups in total. The number of nitrogens with two attached hydrogens (primary N) is 1. The molecule has 2 rings (SSSR count). The molecular weight excluding hydrogens is 228 g/mol. The number of hydrogen-bond donors (Lipinski definition) is 1. The summed E-state index contributed by atoms with van der Waals surface area (Å²) < 4.78 is 37.0. The minimum Gasteiger partial charge on any atom is -0.483 e. The standard InChI is InChI=1S/C12H15F2NO2/c1-7(15)2-3-9-6-16-12-10(14)4-8(13)5-11(12)17-9/h4-5,7,9H,2-3,6,15H2,1H3. The molecule has 3 nitrogen and oxygen atoms in total. The molecule has 0 fully saturated rings. The van der Waals surface area contributed by atoms with E-state index in [1.165, 1.54) is 0 Å². The maximum Gasteiger partial charge on any atom is 0.197 e. The van der Waals surface area contributed by atoms with E-state index < -0.39 is 11.6 Å². The first-order valence-electron chi connectivity index (χ1n) is 5.60. The third-order valence-corrected chi connectivity index (χ3v) is 2.63. The van der Waals surface area contributed by atoms with Crippen LogP contribution in [0.15, 0.2) is 12.1 Å². The monoisotopic (exact) mass is 243 g/mol. The lowest BCUT2D eigenvalue weighted by Gasteiger charge is -2.27. The van der Waals surface area contributed by atoms with Crippen molar-refractivity contribution in [2.24, 2.45) is 5.73 Å². The highest BCUT2D eigenvalue weighted by molar-refractivity contribution is 5.42. The molecule has 0 saturated carbocycles. The molecule has 1 aromatic rings. The van der Waals surface area contributed by atoms with Crippen LogP contribution in [-0.4, -0.2) is 18.8 Å².